The number of nitrogens with one attached hydrogen (secondary N) is 1. The Hall–Kier alpha value is -2.04. The fourth-order valence-electron chi connectivity index (χ4n) is 3.04. The van der Waals surface area contributed by atoms with Crippen molar-refractivity contribution in [3.8, 4) is 0 Å². The minimum atomic E-state index is -0.763. The molecule has 0 spiro atoms. The lowest BCUT2D eigenvalue weighted by atomic mass is 9.96. The van der Waals surface area contributed by atoms with Gasteiger partial charge in [0.1, 0.15) is 0 Å². The number of urea groups is 1. The topological polar surface area (TPSA) is 69.6 Å². The van der Waals surface area contributed by atoms with E-state index in [1.54, 1.807) is 4.90 Å². The van der Waals surface area contributed by atoms with Crippen LogP contribution in [0.1, 0.15) is 49.3 Å². The van der Waals surface area contributed by atoms with E-state index in [4.69, 9.17) is 5.11 Å². The van der Waals surface area contributed by atoms with E-state index in [1.807, 2.05) is 13.8 Å². The molecule has 0 aliphatic carbocycles. The van der Waals surface area contributed by atoms with Crippen LogP contribution in [0.4, 0.5) is 10.5 Å². The molecule has 23 heavy (non-hydrogen) atoms. The van der Waals surface area contributed by atoms with Gasteiger partial charge in [-0.15, -0.1) is 0 Å². The molecule has 0 unspecified atom stereocenters. The van der Waals surface area contributed by atoms with Crippen molar-refractivity contribution in [3.63, 3.8) is 0 Å². The van der Waals surface area contributed by atoms with Gasteiger partial charge in [-0.3, -0.25) is 4.79 Å². The van der Waals surface area contributed by atoms with Crippen LogP contribution in [0.25, 0.3) is 0 Å². The summed E-state index contributed by atoms with van der Waals surface area (Å²) in [5.74, 6) is -0.638. The number of hydrogen-bond donors (Lipinski definition) is 2. The number of aryl methyl sites for hydroxylation is 2. The Bertz CT molecular complexity index is 579. The molecular weight excluding hydrogens is 292 g/mol. The van der Waals surface area contributed by atoms with Gasteiger partial charge in [0, 0.05) is 18.8 Å². The number of anilines is 1. The summed E-state index contributed by atoms with van der Waals surface area (Å²) in [6.45, 7) is 9.30. The van der Waals surface area contributed by atoms with Gasteiger partial charge < -0.3 is 15.3 Å². The molecule has 1 aliphatic rings. The third-order valence-electron chi connectivity index (χ3n) is 4.59. The summed E-state index contributed by atoms with van der Waals surface area (Å²) >= 11 is 0. The number of carboxylic acid groups (broad SMARTS) is 1. The van der Waals surface area contributed by atoms with Crippen molar-refractivity contribution < 1.29 is 14.7 Å². The molecule has 0 aromatic heterocycles. The van der Waals surface area contributed by atoms with E-state index in [0.29, 0.717) is 31.8 Å². The number of carboxylic acids is 1. The van der Waals surface area contributed by atoms with Crippen molar-refractivity contribution in [3.05, 3.63) is 28.8 Å². The van der Waals surface area contributed by atoms with Gasteiger partial charge in [-0.1, -0.05) is 26.0 Å². The molecule has 2 N–H and O–H groups in total. The van der Waals surface area contributed by atoms with Gasteiger partial charge in [0.05, 0.1) is 5.92 Å². The molecule has 2 rings (SSSR count). The van der Waals surface area contributed by atoms with Crippen LogP contribution in [0.15, 0.2) is 12.1 Å². The van der Waals surface area contributed by atoms with Crippen molar-refractivity contribution >= 4 is 17.7 Å². The van der Waals surface area contributed by atoms with E-state index in [-0.39, 0.29) is 11.9 Å². The Kier molecular flexibility index (Phi) is 5.29. The summed E-state index contributed by atoms with van der Waals surface area (Å²) in [6.07, 6.45) is 1.04. The molecule has 0 bridgehead atoms. The van der Waals surface area contributed by atoms with Crippen molar-refractivity contribution in [1.82, 2.24) is 4.90 Å². The molecule has 5 heteroatoms. The average Bonchev–Trinajstić information content (AvgIpc) is 2.50. The Labute approximate surface area is 137 Å². The number of piperidine rings is 1. The van der Waals surface area contributed by atoms with Gasteiger partial charge in [0.15, 0.2) is 0 Å². The Morgan fingerprint density at radius 1 is 1.17 bits per heavy atom. The van der Waals surface area contributed by atoms with Crippen LogP contribution in [-0.4, -0.2) is 35.1 Å². The van der Waals surface area contributed by atoms with Gasteiger partial charge >= 0.3 is 12.0 Å². The number of nitrogens with zero attached hydrogens (tertiary/aromatic N) is 1. The molecule has 1 aliphatic heterocycles. The molecule has 1 heterocycles. The van der Waals surface area contributed by atoms with Crippen molar-refractivity contribution in [1.29, 1.82) is 0 Å². The zero-order chi connectivity index (χ0) is 17.1. The molecule has 0 radical (unpaired) electrons. The summed E-state index contributed by atoms with van der Waals surface area (Å²) in [5, 5.41) is 12.0. The summed E-state index contributed by atoms with van der Waals surface area (Å²) in [6, 6.07) is 4.09. The van der Waals surface area contributed by atoms with E-state index in [1.165, 1.54) is 5.56 Å². The predicted octanol–water partition coefficient (Wildman–Crippen LogP) is 3.76. The van der Waals surface area contributed by atoms with E-state index >= 15 is 0 Å². The summed E-state index contributed by atoms with van der Waals surface area (Å²) in [7, 11) is 0. The van der Waals surface area contributed by atoms with Crippen LogP contribution in [0.2, 0.25) is 0 Å². The van der Waals surface area contributed by atoms with Crippen molar-refractivity contribution in [2.24, 2.45) is 5.92 Å². The molecule has 0 saturated carbocycles. The number of hydrogen-bond acceptors (Lipinski definition) is 2. The molecule has 1 aromatic rings. The molecule has 1 fully saturated rings. The van der Waals surface area contributed by atoms with Crippen LogP contribution in [0.3, 0.4) is 0 Å². The number of rotatable bonds is 3. The smallest absolute Gasteiger partial charge is 0.321 e. The molecule has 2 amide bonds. The van der Waals surface area contributed by atoms with Crippen LogP contribution < -0.4 is 5.32 Å². The predicted molar refractivity (Wildman–Crippen MR) is 91.0 cm³/mol. The Morgan fingerprint density at radius 2 is 1.70 bits per heavy atom. The van der Waals surface area contributed by atoms with Crippen LogP contribution in [-0.2, 0) is 4.79 Å². The monoisotopic (exact) mass is 318 g/mol. The lowest BCUT2D eigenvalue weighted by molar-refractivity contribution is -0.143. The summed E-state index contributed by atoms with van der Waals surface area (Å²) in [4.78, 5) is 25.1. The summed E-state index contributed by atoms with van der Waals surface area (Å²) in [5.41, 5.74) is 4.24. The lowest BCUT2D eigenvalue weighted by Crippen LogP contribution is -2.42. The van der Waals surface area contributed by atoms with Crippen molar-refractivity contribution in [2.75, 3.05) is 18.4 Å². The highest BCUT2D eigenvalue weighted by molar-refractivity contribution is 5.91. The molecule has 126 valence electrons. The van der Waals surface area contributed by atoms with Gasteiger partial charge in [0.25, 0.3) is 0 Å². The standard InChI is InChI=1S/C18H26N2O3/c1-11(2)15-9-12(3)16(13(4)10-15)19-18(23)20-7-5-14(6-8-20)17(21)22/h9-11,14H,5-8H2,1-4H3,(H,19,23)(H,21,22). The first-order valence-corrected chi connectivity index (χ1v) is 8.19. The highest BCUT2D eigenvalue weighted by Gasteiger charge is 2.27. The number of carbonyl (C=O) groups is 2. The van der Waals surface area contributed by atoms with Gasteiger partial charge in [-0.2, -0.15) is 0 Å². The van der Waals surface area contributed by atoms with Crippen LogP contribution in [0, 0.1) is 19.8 Å². The average molecular weight is 318 g/mol. The number of carbonyl (C=O) groups excluding carboxylic acids is 1. The maximum Gasteiger partial charge on any atom is 0.321 e. The third-order valence-corrected chi connectivity index (χ3v) is 4.59. The maximum atomic E-state index is 12.4. The van der Waals surface area contributed by atoms with Gasteiger partial charge in [-0.25, -0.2) is 4.79 Å². The second-order valence-electron chi connectivity index (χ2n) is 6.71. The molecule has 1 saturated heterocycles. The number of benzene rings is 1. The van der Waals surface area contributed by atoms with Crippen LogP contribution >= 0.6 is 0 Å². The lowest BCUT2D eigenvalue weighted by Gasteiger charge is -2.30. The molecular formula is C18H26N2O3. The quantitative estimate of drug-likeness (QED) is 0.891. The minimum Gasteiger partial charge on any atom is -0.481 e. The molecule has 1 aromatic carbocycles. The fourth-order valence-corrected chi connectivity index (χ4v) is 3.04. The maximum absolute atomic E-state index is 12.4. The second kappa shape index (κ2) is 7.02. The second-order valence-corrected chi connectivity index (χ2v) is 6.71. The van der Waals surface area contributed by atoms with E-state index < -0.39 is 5.97 Å². The van der Waals surface area contributed by atoms with E-state index in [9.17, 15) is 9.59 Å². The SMILES string of the molecule is Cc1cc(C(C)C)cc(C)c1NC(=O)N1CCC(C(=O)O)CC1. The molecule has 5 nitrogen and oxygen atoms in total. The summed E-state index contributed by atoms with van der Waals surface area (Å²) < 4.78 is 0. The Balaban J connectivity index is 2.05. The highest BCUT2D eigenvalue weighted by atomic mass is 16.4. The van der Waals surface area contributed by atoms with Crippen molar-refractivity contribution in [2.45, 2.75) is 46.5 Å². The number of aliphatic carboxylic acids is 1. The fraction of sp³-hybridized carbons (Fsp3) is 0.556. The van der Waals surface area contributed by atoms with Gasteiger partial charge in [-0.05, 0) is 49.3 Å². The number of amides is 2. The van der Waals surface area contributed by atoms with E-state index in [0.717, 1.165) is 16.8 Å². The van der Waals surface area contributed by atoms with Gasteiger partial charge in [0.2, 0.25) is 0 Å². The third kappa shape index (κ3) is 4.03. The first-order valence-electron chi connectivity index (χ1n) is 8.19. The van der Waals surface area contributed by atoms with E-state index in [2.05, 4.69) is 31.3 Å². The first kappa shape index (κ1) is 17.3. The minimum absolute atomic E-state index is 0.141. The largest absolute Gasteiger partial charge is 0.481 e. The number of likely N-dealkylation sites (tertiary alicyclic amines) is 1. The first-order chi connectivity index (χ1) is 10.8. The van der Waals surface area contributed by atoms with Crippen LogP contribution in [0.5, 0.6) is 0 Å². The Morgan fingerprint density at radius 3 is 2.13 bits per heavy atom. The normalized spacial score (nSPS) is 15.8. The highest BCUT2D eigenvalue weighted by Crippen LogP contribution is 2.27. The zero-order valence-corrected chi connectivity index (χ0v) is 14.3. The molecule has 0 atom stereocenters. The zero-order valence-electron chi connectivity index (χ0n) is 14.3.